The van der Waals surface area contributed by atoms with Gasteiger partial charge >= 0.3 is 5.97 Å². The van der Waals surface area contributed by atoms with Gasteiger partial charge in [-0.25, -0.2) is 0 Å². The van der Waals surface area contributed by atoms with E-state index < -0.39 is 3.92 Å². The van der Waals surface area contributed by atoms with Gasteiger partial charge in [0.15, 0.2) is 13.6 Å². The standard InChI is InChI=1S/C19H21IO6/c1-22-11-25-14-9-15(18(20)19(21)24-3)17(13-7-5-4-6-8-13)16(10-14)26-12-23-2/h4-10,18H,11-12H2,1-3H3. The third-order valence-corrected chi connectivity index (χ3v) is 4.71. The van der Waals surface area contributed by atoms with Crippen LogP contribution in [0.4, 0.5) is 0 Å². The van der Waals surface area contributed by atoms with Crippen molar-refractivity contribution in [3.63, 3.8) is 0 Å². The summed E-state index contributed by atoms with van der Waals surface area (Å²) in [5, 5.41) is 0. The number of esters is 1. The van der Waals surface area contributed by atoms with Crippen molar-refractivity contribution in [2.24, 2.45) is 0 Å². The number of methoxy groups -OCH3 is 3. The van der Waals surface area contributed by atoms with Crippen molar-refractivity contribution >= 4 is 28.6 Å². The molecule has 0 spiro atoms. The zero-order chi connectivity index (χ0) is 18.9. The number of ether oxygens (including phenoxy) is 5. The molecule has 2 rings (SSSR count). The number of hydrogen-bond donors (Lipinski definition) is 0. The fourth-order valence-corrected chi connectivity index (χ4v) is 3.15. The van der Waals surface area contributed by atoms with Crippen LogP contribution < -0.4 is 9.47 Å². The first-order valence-corrected chi connectivity index (χ1v) is 9.05. The van der Waals surface area contributed by atoms with Crippen molar-refractivity contribution in [2.75, 3.05) is 34.9 Å². The Morgan fingerprint density at radius 1 is 1.00 bits per heavy atom. The summed E-state index contributed by atoms with van der Waals surface area (Å²) in [5.41, 5.74) is 2.43. The van der Waals surface area contributed by atoms with E-state index >= 15 is 0 Å². The largest absolute Gasteiger partial charge is 0.468 e. The summed E-state index contributed by atoms with van der Waals surface area (Å²) in [6.45, 7) is 0.148. The predicted molar refractivity (Wildman–Crippen MR) is 106 cm³/mol. The van der Waals surface area contributed by atoms with Crippen LogP contribution in [-0.2, 0) is 19.0 Å². The molecule has 26 heavy (non-hydrogen) atoms. The SMILES string of the molecule is COCOc1cc(OCOC)c(-c2ccccc2)c(C(I)C(=O)OC)c1. The summed E-state index contributed by atoms with van der Waals surface area (Å²) in [5.74, 6) is 0.717. The molecule has 0 aliphatic carbocycles. The first-order valence-electron chi connectivity index (χ1n) is 7.81. The fourth-order valence-electron chi connectivity index (χ4n) is 2.40. The molecular weight excluding hydrogens is 451 g/mol. The number of hydrogen-bond acceptors (Lipinski definition) is 6. The molecule has 0 aliphatic heterocycles. The van der Waals surface area contributed by atoms with Gasteiger partial charge in [-0.2, -0.15) is 0 Å². The zero-order valence-corrected chi connectivity index (χ0v) is 17.0. The van der Waals surface area contributed by atoms with Crippen LogP contribution in [-0.4, -0.2) is 40.9 Å². The lowest BCUT2D eigenvalue weighted by Crippen LogP contribution is -2.11. The highest BCUT2D eigenvalue weighted by molar-refractivity contribution is 14.1. The summed E-state index contributed by atoms with van der Waals surface area (Å²) in [7, 11) is 4.45. The average molecular weight is 472 g/mol. The highest BCUT2D eigenvalue weighted by Crippen LogP contribution is 2.43. The third-order valence-electron chi connectivity index (χ3n) is 3.53. The quantitative estimate of drug-likeness (QED) is 0.238. The zero-order valence-electron chi connectivity index (χ0n) is 14.9. The maximum Gasteiger partial charge on any atom is 0.323 e. The Bertz CT molecular complexity index is 719. The van der Waals surface area contributed by atoms with Gasteiger partial charge in [0.25, 0.3) is 0 Å². The second-order valence-corrected chi connectivity index (χ2v) is 6.48. The maximum atomic E-state index is 12.2. The van der Waals surface area contributed by atoms with Gasteiger partial charge in [0, 0.05) is 25.8 Å². The number of carbonyl (C=O) groups is 1. The van der Waals surface area contributed by atoms with E-state index in [1.807, 2.05) is 52.9 Å². The number of carbonyl (C=O) groups excluding carboxylic acids is 1. The van der Waals surface area contributed by atoms with Gasteiger partial charge < -0.3 is 23.7 Å². The molecule has 0 aliphatic rings. The molecule has 0 bridgehead atoms. The van der Waals surface area contributed by atoms with E-state index in [1.165, 1.54) is 14.2 Å². The molecule has 2 aromatic carbocycles. The molecule has 7 heteroatoms. The van der Waals surface area contributed by atoms with E-state index in [2.05, 4.69) is 0 Å². The van der Waals surface area contributed by atoms with E-state index in [0.717, 1.165) is 16.7 Å². The summed E-state index contributed by atoms with van der Waals surface area (Å²) >= 11 is 2.05. The van der Waals surface area contributed by atoms with Gasteiger partial charge in [0.1, 0.15) is 15.4 Å². The average Bonchev–Trinajstić information content (AvgIpc) is 2.69. The molecule has 6 nitrogen and oxygen atoms in total. The Balaban J connectivity index is 2.63. The highest BCUT2D eigenvalue weighted by Gasteiger charge is 2.25. The van der Waals surface area contributed by atoms with Crippen LogP contribution in [0.5, 0.6) is 11.5 Å². The second-order valence-electron chi connectivity index (χ2n) is 5.24. The van der Waals surface area contributed by atoms with Gasteiger partial charge in [-0.3, -0.25) is 4.79 Å². The monoisotopic (exact) mass is 472 g/mol. The molecule has 140 valence electrons. The van der Waals surface area contributed by atoms with Crippen LogP contribution >= 0.6 is 22.6 Å². The summed E-state index contributed by atoms with van der Waals surface area (Å²) < 4.78 is 25.7. The first kappa shape index (κ1) is 20.5. The van der Waals surface area contributed by atoms with E-state index in [1.54, 1.807) is 19.2 Å². The van der Waals surface area contributed by atoms with Crippen molar-refractivity contribution in [3.8, 4) is 22.6 Å². The Labute approximate surface area is 166 Å². The molecule has 2 aromatic rings. The van der Waals surface area contributed by atoms with E-state index in [-0.39, 0.29) is 19.6 Å². The van der Waals surface area contributed by atoms with Gasteiger partial charge in [-0.15, -0.1) is 0 Å². The van der Waals surface area contributed by atoms with Crippen molar-refractivity contribution in [3.05, 3.63) is 48.0 Å². The lowest BCUT2D eigenvalue weighted by Gasteiger charge is -2.20. The Morgan fingerprint density at radius 3 is 2.27 bits per heavy atom. The second kappa shape index (κ2) is 10.3. The molecule has 0 N–H and O–H groups in total. The fraction of sp³-hybridized carbons (Fsp3) is 0.316. The van der Waals surface area contributed by atoms with E-state index in [9.17, 15) is 4.79 Å². The maximum absolute atomic E-state index is 12.2. The van der Waals surface area contributed by atoms with Crippen LogP contribution in [0, 0.1) is 0 Å². The predicted octanol–water partition coefficient (Wildman–Crippen LogP) is 3.97. The molecule has 0 aromatic heterocycles. The van der Waals surface area contributed by atoms with Crippen molar-refractivity contribution in [2.45, 2.75) is 3.92 Å². The van der Waals surface area contributed by atoms with Gasteiger partial charge in [0.05, 0.1) is 7.11 Å². The topological polar surface area (TPSA) is 63.2 Å². The number of rotatable bonds is 9. The van der Waals surface area contributed by atoms with Gasteiger partial charge in [0.2, 0.25) is 0 Å². The normalized spacial score (nSPS) is 11.7. The molecule has 0 radical (unpaired) electrons. The van der Waals surface area contributed by atoms with Crippen molar-refractivity contribution in [1.29, 1.82) is 0 Å². The minimum atomic E-state index is -0.538. The smallest absolute Gasteiger partial charge is 0.323 e. The van der Waals surface area contributed by atoms with Crippen molar-refractivity contribution < 1.29 is 28.5 Å². The molecule has 0 amide bonds. The van der Waals surface area contributed by atoms with E-state index in [4.69, 9.17) is 23.7 Å². The summed E-state index contributed by atoms with van der Waals surface area (Å²) in [4.78, 5) is 12.2. The van der Waals surface area contributed by atoms with Gasteiger partial charge in [-0.1, -0.05) is 52.9 Å². The van der Waals surface area contributed by atoms with Crippen LogP contribution in [0.15, 0.2) is 42.5 Å². The number of halogens is 1. The Morgan fingerprint density at radius 2 is 1.65 bits per heavy atom. The van der Waals surface area contributed by atoms with Crippen molar-refractivity contribution in [1.82, 2.24) is 0 Å². The lowest BCUT2D eigenvalue weighted by molar-refractivity contribution is -0.139. The first-order chi connectivity index (χ1) is 12.6. The Hall–Kier alpha value is -1.84. The molecule has 1 atom stereocenters. The summed E-state index contributed by atoms with van der Waals surface area (Å²) in [6, 6.07) is 13.2. The number of alkyl halides is 1. The minimum absolute atomic E-state index is 0.0666. The van der Waals surface area contributed by atoms with Crippen LogP contribution in [0.3, 0.4) is 0 Å². The molecule has 0 saturated carbocycles. The lowest BCUT2D eigenvalue weighted by atomic mass is 9.96. The van der Waals surface area contributed by atoms with Gasteiger partial charge in [-0.05, 0) is 17.2 Å². The molecular formula is C19H21IO6. The minimum Gasteiger partial charge on any atom is -0.468 e. The summed E-state index contributed by atoms with van der Waals surface area (Å²) in [6.07, 6.45) is 0. The van der Waals surface area contributed by atoms with E-state index in [0.29, 0.717) is 11.5 Å². The Kier molecular flexibility index (Phi) is 8.14. The van der Waals surface area contributed by atoms with Crippen LogP contribution in [0.25, 0.3) is 11.1 Å². The molecule has 0 heterocycles. The number of benzene rings is 2. The van der Waals surface area contributed by atoms with Crippen LogP contribution in [0.1, 0.15) is 9.49 Å². The molecule has 0 saturated heterocycles. The molecule has 1 unspecified atom stereocenters. The molecule has 0 fully saturated rings. The third kappa shape index (κ3) is 5.09. The highest BCUT2D eigenvalue weighted by atomic mass is 127. The van der Waals surface area contributed by atoms with Crippen LogP contribution in [0.2, 0.25) is 0 Å².